The first-order valence-electron chi connectivity index (χ1n) is 12.2. The van der Waals surface area contributed by atoms with Crippen molar-refractivity contribution in [3.63, 3.8) is 0 Å². The molecule has 1 atom stereocenters. The summed E-state index contributed by atoms with van der Waals surface area (Å²) in [6, 6.07) is 10.4. The van der Waals surface area contributed by atoms with E-state index in [2.05, 4.69) is 30.5 Å². The number of ether oxygens (including phenoxy) is 4. The summed E-state index contributed by atoms with van der Waals surface area (Å²) in [5.74, 6) is 1.73. The number of aromatic amines is 1. The largest absolute Gasteiger partial charge is 0.493 e. The third-order valence-electron chi connectivity index (χ3n) is 6.26. The van der Waals surface area contributed by atoms with Gasteiger partial charge in [-0.3, -0.25) is 4.98 Å². The van der Waals surface area contributed by atoms with Crippen molar-refractivity contribution in [2.24, 2.45) is 0 Å². The van der Waals surface area contributed by atoms with Crippen LogP contribution in [0.25, 0.3) is 17.2 Å². The number of hydrogen-bond acceptors (Lipinski definition) is 13. The second-order valence-electron chi connectivity index (χ2n) is 8.84. The molecule has 1 unspecified atom stereocenters. The summed E-state index contributed by atoms with van der Waals surface area (Å²) in [6.07, 6.45) is 0. The molecule has 0 saturated heterocycles. The molecule has 0 saturated carbocycles. The number of carbonyl (C=O) groups excluding carboxylic acids is 1. The van der Waals surface area contributed by atoms with Gasteiger partial charge in [0.1, 0.15) is 6.04 Å². The second-order valence-corrected chi connectivity index (χ2v) is 9.69. The van der Waals surface area contributed by atoms with Crippen molar-refractivity contribution < 1.29 is 28.3 Å². The molecule has 0 aliphatic carbocycles. The smallest absolute Gasteiger partial charge is 0.352 e. The van der Waals surface area contributed by atoms with Gasteiger partial charge in [-0.2, -0.15) is 9.67 Å². The monoisotopic (exact) mass is 577 g/mol. The van der Waals surface area contributed by atoms with Gasteiger partial charge in [-0.1, -0.05) is 5.16 Å². The van der Waals surface area contributed by atoms with Crippen molar-refractivity contribution in [1.29, 1.82) is 0 Å². The Kier molecular flexibility index (Phi) is 6.94. The van der Waals surface area contributed by atoms with E-state index in [1.54, 1.807) is 20.1 Å². The fourth-order valence-corrected chi connectivity index (χ4v) is 5.05. The first-order valence-corrected chi connectivity index (χ1v) is 13.1. The van der Waals surface area contributed by atoms with Crippen LogP contribution in [0.4, 0.5) is 5.69 Å². The molecule has 2 aromatic carbocycles. The predicted octanol–water partition coefficient (Wildman–Crippen LogP) is 3.24. The van der Waals surface area contributed by atoms with Gasteiger partial charge in [-0.15, -0.1) is 16.4 Å². The number of esters is 1. The van der Waals surface area contributed by atoms with Crippen LogP contribution in [-0.2, 0) is 16.1 Å². The van der Waals surface area contributed by atoms with Gasteiger partial charge >= 0.3 is 11.7 Å². The number of H-pyrrole nitrogens is 1. The van der Waals surface area contributed by atoms with E-state index in [9.17, 15) is 9.59 Å². The van der Waals surface area contributed by atoms with Crippen LogP contribution in [0.2, 0.25) is 0 Å². The number of nitrogens with zero attached hydrogens (tertiary/aromatic N) is 5. The summed E-state index contributed by atoms with van der Waals surface area (Å²) in [5, 5.41) is 11.9. The number of thiazole rings is 1. The fraction of sp³-hybridized carbons (Fsp3) is 0.231. The lowest BCUT2D eigenvalue weighted by atomic mass is 10.0. The Morgan fingerprint density at radius 2 is 2.05 bits per heavy atom. The van der Waals surface area contributed by atoms with Crippen LogP contribution in [0.1, 0.15) is 38.6 Å². The third-order valence-corrected chi connectivity index (χ3v) is 7.06. The Morgan fingerprint density at radius 3 is 2.78 bits per heavy atom. The fourth-order valence-electron chi connectivity index (χ4n) is 4.37. The highest BCUT2D eigenvalue weighted by Crippen LogP contribution is 2.39. The second kappa shape index (κ2) is 10.9. The average Bonchev–Trinajstić information content (AvgIpc) is 3.75. The summed E-state index contributed by atoms with van der Waals surface area (Å²) >= 11 is 1.05. The van der Waals surface area contributed by atoms with Crippen molar-refractivity contribution in [2.75, 3.05) is 26.3 Å². The van der Waals surface area contributed by atoms with Crippen LogP contribution < -0.4 is 20.5 Å². The van der Waals surface area contributed by atoms with E-state index in [-0.39, 0.29) is 23.3 Å². The molecule has 5 aromatic rings. The number of aryl methyl sites for hydroxylation is 1. The maximum Gasteiger partial charge on any atom is 0.352 e. The minimum Gasteiger partial charge on any atom is -0.493 e. The lowest BCUT2D eigenvalue weighted by Gasteiger charge is -2.24. The van der Waals surface area contributed by atoms with Crippen LogP contribution in [0.5, 0.6) is 11.5 Å². The zero-order chi connectivity index (χ0) is 28.5. The SMILES string of the molecule is COC(=O)c1scnc1-n1nc(C(Nc2ccc(-c3noc(C)n3)cc2)c2cc3c(c(OC)c2)OCOC3)[nH]c1=O. The number of nitrogens with one attached hydrogen (secondary N) is 2. The molecule has 0 spiro atoms. The van der Waals surface area contributed by atoms with E-state index in [1.165, 1.54) is 12.6 Å². The van der Waals surface area contributed by atoms with E-state index < -0.39 is 17.7 Å². The zero-order valence-corrected chi connectivity index (χ0v) is 22.9. The number of anilines is 1. The van der Waals surface area contributed by atoms with E-state index in [1.807, 2.05) is 30.3 Å². The van der Waals surface area contributed by atoms with E-state index >= 15 is 0 Å². The van der Waals surface area contributed by atoms with Gasteiger partial charge in [-0.05, 0) is 42.0 Å². The Morgan fingerprint density at radius 1 is 1.22 bits per heavy atom. The van der Waals surface area contributed by atoms with E-state index in [0.717, 1.165) is 27.1 Å². The van der Waals surface area contributed by atoms with Crippen molar-refractivity contribution in [3.05, 3.63) is 80.1 Å². The molecule has 2 N–H and O–H groups in total. The number of carbonyl (C=O) groups is 1. The van der Waals surface area contributed by atoms with Crippen molar-refractivity contribution >= 4 is 23.0 Å². The molecule has 210 valence electrons. The molecule has 0 radical (unpaired) electrons. The molecule has 4 heterocycles. The van der Waals surface area contributed by atoms with Gasteiger partial charge in [0.05, 0.1) is 26.3 Å². The Hall–Kier alpha value is -5.02. The lowest BCUT2D eigenvalue weighted by Crippen LogP contribution is -2.18. The summed E-state index contributed by atoms with van der Waals surface area (Å²) in [6.45, 7) is 2.15. The highest BCUT2D eigenvalue weighted by atomic mass is 32.1. The van der Waals surface area contributed by atoms with Crippen LogP contribution in [0.3, 0.4) is 0 Å². The van der Waals surface area contributed by atoms with Gasteiger partial charge in [0.2, 0.25) is 11.7 Å². The molecule has 14 nitrogen and oxygen atoms in total. The van der Waals surface area contributed by atoms with Gasteiger partial charge in [-0.25, -0.2) is 14.6 Å². The Balaban J connectivity index is 1.42. The maximum absolute atomic E-state index is 13.1. The first-order chi connectivity index (χ1) is 19.9. The lowest BCUT2D eigenvalue weighted by molar-refractivity contribution is -0.0180. The maximum atomic E-state index is 13.1. The number of methoxy groups -OCH3 is 2. The molecular formula is C26H23N7O7S. The Labute approximate surface area is 235 Å². The highest BCUT2D eigenvalue weighted by molar-refractivity contribution is 7.12. The summed E-state index contributed by atoms with van der Waals surface area (Å²) in [4.78, 5) is 36.7. The molecule has 3 aromatic heterocycles. The quantitative estimate of drug-likeness (QED) is 0.259. The molecule has 1 aliphatic heterocycles. The van der Waals surface area contributed by atoms with Crippen LogP contribution in [0.15, 0.2) is 51.2 Å². The molecule has 6 rings (SSSR count). The number of fused-ring (bicyclic) bond motifs is 1. The number of rotatable bonds is 8. The minimum absolute atomic E-state index is 0.0673. The number of benzene rings is 2. The standard InChI is InChI=1S/C26H23N7O7S/c1-13-28-22(32-40-13)14-4-6-17(7-5-14)29-19(15-8-16-10-38-12-39-20(16)18(9-15)36-2)23-30-26(35)33(31-23)24-21(25(34)37-3)41-11-27-24/h4-9,11,19,29H,10,12H2,1-3H3,(H,30,31,35). The summed E-state index contributed by atoms with van der Waals surface area (Å²) in [5.41, 5.74) is 3.82. The van der Waals surface area contributed by atoms with Crippen LogP contribution in [-0.4, -0.2) is 56.9 Å². The zero-order valence-electron chi connectivity index (χ0n) is 22.0. The van der Waals surface area contributed by atoms with Crippen LogP contribution >= 0.6 is 11.3 Å². The van der Waals surface area contributed by atoms with Crippen molar-refractivity contribution in [3.8, 4) is 28.7 Å². The number of hydrogen-bond donors (Lipinski definition) is 2. The van der Waals surface area contributed by atoms with Crippen molar-refractivity contribution in [1.82, 2.24) is 29.9 Å². The van der Waals surface area contributed by atoms with E-state index in [0.29, 0.717) is 41.1 Å². The first kappa shape index (κ1) is 26.2. The minimum atomic E-state index is -0.677. The molecule has 41 heavy (non-hydrogen) atoms. The van der Waals surface area contributed by atoms with Gasteiger partial charge in [0.25, 0.3) is 0 Å². The van der Waals surface area contributed by atoms with Crippen LogP contribution in [0, 0.1) is 6.92 Å². The molecule has 0 fully saturated rings. The molecule has 0 amide bonds. The number of aromatic nitrogens is 6. The van der Waals surface area contributed by atoms with Crippen molar-refractivity contribution in [2.45, 2.75) is 19.6 Å². The molecule has 15 heteroatoms. The predicted molar refractivity (Wildman–Crippen MR) is 144 cm³/mol. The highest BCUT2D eigenvalue weighted by Gasteiger charge is 2.27. The Bertz CT molecular complexity index is 1760. The normalized spacial score (nSPS) is 13.2. The molecule has 1 aliphatic rings. The van der Waals surface area contributed by atoms with Gasteiger partial charge < -0.3 is 28.8 Å². The molecular weight excluding hydrogens is 554 g/mol. The topological polar surface area (TPSA) is 169 Å². The third kappa shape index (κ3) is 5.03. The van der Waals surface area contributed by atoms with E-state index in [4.69, 9.17) is 23.5 Å². The summed E-state index contributed by atoms with van der Waals surface area (Å²) in [7, 11) is 2.80. The van der Waals surface area contributed by atoms with Gasteiger partial charge in [0.15, 0.2) is 34.8 Å². The molecule has 0 bridgehead atoms. The average molecular weight is 578 g/mol. The van der Waals surface area contributed by atoms with Gasteiger partial charge in [0, 0.05) is 23.7 Å². The summed E-state index contributed by atoms with van der Waals surface area (Å²) < 4.78 is 27.7.